The molecule has 4 aromatic rings. The van der Waals surface area contributed by atoms with E-state index in [-0.39, 0.29) is 30.9 Å². The van der Waals surface area contributed by atoms with Gasteiger partial charge < -0.3 is 34.3 Å². The first kappa shape index (κ1) is 42.9. The number of amides is 3. The number of hydrogen-bond acceptors (Lipinski definition) is 8. The summed E-state index contributed by atoms with van der Waals surface area (Å²) in [6.07, 6.45) is 4.70. The smallest absolute Gasteiger partial charge is 0.247 e. The van der Waals surface area contributed by atoms with Crippen LogP contribution in [0.3, 0.4) is 0 Å². The third-order valence-electron chi connectivity index (χ3n) is 11.3. The molecule has 1 atom stereocenters. The van der Waals surface area contributed by atoms with Crippen molar-refractivity contribution >= 4 is 35.2 Å². The fraction of sp³-hybridized carbons (Fsp3) is 0.396. The Kier molecular flexibility index (Phi) is 15.6. The van der Waals surface area contributed by atoms with Crippen molar-refractivity contribution in [2.75, 3.05) is 89.0 Å². The van der Waals surface area contributed by atoms with Crippen molar-refractivity contribution in [1.82, 2.24) is 19.6 Å². The molecule has 3 amide bonds. The lowest BCUT2D eigenvalue weighted by molar-refractivity contribution is -0.145. The molecule has 11 heteroatoms. The number of piperazine rings is 2. The minimum absolute atomic E-state index is 0.0519. The Bertz CT molecular complexity index is 1960. The fourth-order valence-corrected chi connectivity index (χ4v) is 7.69. The molecule has 2 heterocycles. The average Bonchev–Trinajstić information content (AvgIpc) is 3.27. The fourth-order valence-electron chi connectivity index (χ4n) is 7.69. The summed E-state index contributed by atoms with van der Waals surface area (Å²) in [5.74, 6) is 0.601. The lowest BCUT2D eigenvalue weighted by atomic mass is 10.0. The van der Waals surface area contributed by atoms with Gasteiger partial charge in [0.1, 0.15) is 11.8 Å². The molecule has 6 rings (SSSR count). The molecule has 2 aliphatic rings. The molecule has 312 valence electrons. The van der Waals surface area contributed by atoms with Crippen LogP contribution in [0, 0.1) is 0 Å². The molecule has 2 saturated heterocycles. The Morgan fingerprint density at radius 2 is 1.41 bits per heavy atom. The van der Waals surface area contributed by atoms with Crippen LogP contribution in [0.1, 0.15) is 42.5 Å². The second-order valence-corrected chi connectivity index (χ2v) is 15.5. The minimum atomic E-state index is -0.728. The summed E-state index contributed by atoms with van der Waals surface area (Å²) < 4.78 is 5.76. The van der Waals surface area contributed by atoms with Crippen LogP contribution in [0.25, 0.3) is 6.08 Å². The summed E-state index contributed by atoms with van der Waals surface area (Å²) in [6, 6.07) is 33.6. The van der Waals surface area contributed by atoms with E-state index in [0.717, 1.165) is 73.0 Å². The molecule has 59 heavy (non-hydrogen) atoms. The molecule has 1 N–H and O–H groups in total. The number of anilines is 2. The molecule has 2 fully saturated rings. The van der Waals surface area contributed by atoms with E-state index in [4.69, 9.17) is 4.74 Å². The third-order valence-corrected chi connectivity index (χ3v) is 11.3. The van der Waals surface area contributed by atoms with E-state index in [2.05, 4.69) is 53.1 Å². The van der Waals surface area contributed by atoms with Gasteiger partial charge in [-0.3, -0.25) is 19.3 Å². The first-order chi connectivity index (χ1) is 28.7. The van der Waals surface area contributed by atoms with Crippen LogP contribution in [-0.4, -0.2) is 128 Å². The number of hydrogen-bond donors (Lipinski definition) is 1. The summed E-state index contributed by atoms with van der Waals surface area (Å²) in [5.41, 5.74) is 6.11. The molecule has 4 aromatic carbocycles. The number of aliphatic hydroxyl groups excluding tert-OH is 1. The van der Waals surface area contributed by atoms with Crippen molar-refractivity contribution in [3.8, 4) is 5.75 Å². The van der Waals surface area contributed by atoms with Gasteiger partial charge in [0.25, 0.3) is 0 Å². The Balaban J connectivity index is 1.21. The van der Waals surface area contributed by atoms with E-state index in [9.17, 15) is 19.5 Å². The first-order valence-electron chi connectivity index (χ1n) is 21.0. The van der Waals surface area contributed by atoms with Gasteiger partial charge >= 0.3 is 0 Å². The van der Waals surface area contributed by atoms with Gasteiger partial charge in [-0.05, 0) is 71.1 Å². The maximum Gasteiger partial charge on any atom is 0.247 e. The maximum absolute atomic E-state index is 14.8. The molecule has 0 spiro atoms. The number of carbonyl (C=O) groups is 3. The molecule has 0 saturated carbocycles. The molecule has 11 nitrogen and oxygen atoms in total. The standard InChI is InChI=1S/C48H60N6O5/c1-4-34-59-45-21-14-39(15-22-45)16-23-47(57)54(37-42-12-19-44(20-13-42)52-30-28-51(29-31-52)38(2)56)46(35-40-8-6-5-7-9-40)48(58)53-26-24-50(25-27-53)36-41-10-17-43(18-11-41)49(3)32-33-55/h5-23,46,55H,4,24-37H2,1-3H3/t46-/m0/s1. The van der Waals surface area contributed by atoms with Gasteiger partial charge in [-0.1, -0.05) is 73.7 Å². The maximum atomic E-state index is 14.8. The van der Waals surface area contributed by atoms with Gasteiger partial charge in [0, 0.05) is 110 Å². The second kappa shape index (κ2) is 21.4. The molecular weight excluding hydrogens is 741 g/mol. The van der Waals surface area contributed by atoms with Crippen molar-refractivity contribution in [3.05, 3.63) is 131 Å². The van der Waals surface area contributed by atoms with Gasteiger partial charge in [-0.15, -0.1) is 0 Å². The van der Waals surface area contributed by atoms with Crippen molar-refractivity contribution in [1.29, 1.82) is 0 Å². The number of nitrogens with zero attached hydrogens (tertiary/aromatic N) is 6. The van der Waals surface area contributed by atoms with Crippen LogP contribution < -0.4 is 14.5 Å². The van der Waals surface area contributed by atoms with Crippen LogP contribution in [0.5, 0.6) is 5.75 Å². The second-order valence-electron chi connectivity index (χ2n) is 15.5. The van der Waals surface area contributed by atoms with Crippen molar-refractivity contribution in [2.24, 2.45) is 0 Å². The van der Waals surface area contributed by atoms with Crippen molar-refractivity contribution in [2.45, 2.75) is 45.8 Å². The van der Waals surface area contributed by atoms with Crippen LogP contribution in [0.15, 0.2) is 109 Å². The first-order valence-corrected chi connectivity index (χ1v) is 21.0. The third kappa shape index (κ3) is 12.2. The van der Waals surface area contributed by atoms with Gasteiger partial charge in [0.05, 0.1) is 13.2 Å². The summed E-state index contributed by atoms with van der Waals surface area (Å²) in [5, 5.41) is 9.31. The highest BCUT2D eigenvalue weighted by atomic mass is 16.5. The zero-order chi connectivity index (χ0) is 41.6. The molecular formula is C48H60N6O5. The summed E-state index contributed by atoms with van der Waals surface area (Å²) in [7, 11) is 1.97. The van der Waals surface area contributed by atoms with Crippen LogP contribution in [0.2, 0.25) is 0 Å². The van der Waals surface area contributed by atoms with Crippen LogP contribution in [-0.2, 0) is 33.9 Å². The Hall–Kier alpha value is -5.65. The number of likely N-dealkylation sites (N-methyl/N-ethyl adjacent to an activating group) is 1. The van der Waals surface area contributed by atoms with Gasteiger partial charge in [0.15, 0.2) is 0 Å². The predicted molar refractivity (Wildman–Crippen MR) is 235 cm³/mol. The van der Waals surface area contributed by atoms with Crippen molar-refractivity contribution in [3.63, 3.8) is 0 Å². The summed E-state index contributed by atoms with van der Waals surface area (Å²) >= 11 is 0. The number of benzene rings is 4. The van der Waals surface area contributed by atoms with E-state index in [1.807, 2.05) is 94.6 Å². The highest BCUT2D eigenvalue weighted by molar-refractivity contribution is 5.96. The lowest BCUT2D eigenvalue weighted by Crippen LogP contribution is -2.56. The molecule has 0 radical (unpaired) electrons. The Morgan fingerprint density at radius 3 is 2.03 bits per heavy atom. The SMILES string of the molecule is CCCOc1ccc(C=CC(=O)N(Cc2ccc(N3CCN(C(C)=O)CC3)cc2)[C@@H](Cc2ccccc2)C(=O)N2CCN(Cc3ccc(N(C)CCO)cc3)CC2)cc1. The van der Waals surface area contributed by atoms with Crippen LogP contribution >= 0.6 is 0 Å². The summed E-state index contributed by atoms with van der Waals surface area (Å²) in [4.78, 5) is 53.4. The molecule has 0 aromatic heterocycles. The van der Waals surface area contributed by atoms with Gasteiger partial charge in [-0.2, -0.15) is 0 Å². The topological polar surface area (TPSA) is 100 Å². The zero-order valence-electron chi connectivity index (χ0n) is 34.9. The van der Waals surface area contributed by atoms with E-state index in [0.29, 0.717) is 45.8 Å². The lowest BCUT2D eigenvalue weighted by Gasteiger charge is -2.39. The van der Waals surface area contributed by atoms with E-state index < -0.39 is 6.04 Å². The minimum Gasteiger partial charge on any atom is -0.494 e. The monoisotopic (exact) mass is 800 g/mol. The number of rotatable bonds is 17. The van der Waals surface area contributed by atoms with E-state index in [1.165, 1.54) is 5.56 Å². The molecule has 0 unspecified atom stereocenters. The molecule has 2 aliphatic heterocycles. The van der Waals surface area contributed by atoms with Crippen molar-refractivity contribution < 1.29 is 24.2 Å². The number of ether oxygens (including phenoxy) is 1. The van der Waals surface area contributed by atoms with Crippen LogP contribution in [0.4, 0.5) is 11.4 Å². The number of carbonyl (C=O) groups excluding carboxylic acids is 3. The normalized spacial score (nSPS) is 15.3. The Labute approximate surface area is 350 Å². The number of aliphatic hydroxyl groups is 1. The molecule has 0 aliphatic carbocycles. The average molecular weight is 801 g/mol. The summed E-state index contributed by atoms with van der Waals surface area (Å²) in [6.45, 7) is 11.5. The van der Waals surface area contributed by atoms with E-state index >= 15 is 0 Å². The highest BCUT2D eigenvalue weighted by Gasteiger charge is 2.34. The van der Waals surface area contributed by atoms with Gasteiger partial charge in [0.2, 0.25) is 17.7 Å². The van der Waals surface area contributed by atoms with E-state index in [1.54, 1.807) is 17.9 Å². The highest BCUT2D eigenvalue weighted by Crippen LogP contribution is 2.23. The molecule has 0 bridgehead atoms. The Morgan fingerprint density at radius 1 is 0.763 bits per heavy atom. The predicted octanol–water partition coefficient (Wildman–Crippen LogP) is 5.57. The largest absolute Gasteiger partial charge is 0.494 e. The zero-order valence-corrected chi connectivity index (χ0v) is 34.9. The quantitative estimate of drug-likeness (QED) is 0.139. The van der Waals surface area contributed by atoms with Gasteiger partial charge in [-0.25, -0.2) is 0 Å².